The number of hydrogen-bond acceptors (Lipinski definition) is 3. The number of aromatic nitrogens is 1. The van der Waals surface area contributed by atoms with Crippen molar-refractivity contribution in [1.29, 1.82) is 0 Å². The van der Waals surface area contributed by atoms with E-state index < -0.39 is 0 Å². The average Bonchev–Trinajstić information content (AvgIpc) is 2.23. The Hall–Kier alpha value is -1.90. The van der Waals surface area contributed by atoms with E-state index in [2.05, 4.69) is 9.68 Å². The van der Waals surface area contributed by atoms with E-state index in [4.69, 9.17) is 0 Å². The summed E-state index contributed by atoms with van der Waals surface area (Å²) in [7, 11) is 0. The van der Waals surface area contributed by atoms with Gasteiger partial charge in [-0.2, -0.15) is 0 Å². The molecule has 0 spiro atoms. The Balaban J connectivity index is 2.64. The van der Waals surface area contributed by atoms with Crippen LogP contribution in [-0.2, 0) is 0 Å². The molecule has 0 unspecified atom stereocenters. The fourth-order valence-electron chi connectivity index (χ4n) is 1.31. The van der Waals surface area contributed by atoms with Crippen molar-refractivity contribution in [2.24, 2.45) is 0 Å². The van der Waals surface area contributed by atoms with Gasteiger partial charge in [0.25, 0.3) is 0 Å². The maximum atomic E-state index is 11.2. The summed E-state index contributed by atoms with van der Waals surface area (Å²) < 4.78 is 4.51. The molecular weight excluding hydrogens is 178 g/mol. The first-order valence-electron chi connectivity index (χ1n) is 4.30. The highest BCUT2D eigenvalue weighted by molar-refractivity contribution is 5.64. The molecule has 0 N–H and O–H groups in total. The van der Waals surface area contributed by atoms with Crippen LogP contribution in [0.1, 0.15) is 5.56 Å². The molecule has 3 nitrogen and oxygen atoms in total. The standard InChI is InChI=1S/C11H9NO2/c1-8-10(7-12-14-11(8)13)9-5-3-2-4-6-9/h2-7H,1H3. The molecule has 0 aliphatic rings. The minimum Gasteiger partial charge on any atom is -0.313 e. The number of hydrogen-bond donors (Lipinski definition) is 0. The van der Waals surface area contributed by atoms with Crippen LogP contribution >= 0.6 is 0 Å². The fourth-order valence-corrected chi connectivity index (χ4v) is 1.31. The van der Waals surface area contributed by atoms with Crippen molar-refractivity contribution in [3.05, 3.63) is 52.5 Å². The van der Waals surface area contributed by atoms with Crippen LogP contribution < -0.4 is 5.63 Å². The van der Waals surface area contributed by atoms with Gasteiger partial charge in [0.2, 0.25) is 0 Å². The van der Waals surface area contributed by atoms with Crippen molar-refractivity contribution >= 4 is 0 Å². The second-order valence-corrected chi connectivity index (χ2v) is 3.02. The van der Waals surface area contributed by atoms with Gasteiger partial charge in [-0.05, 0) is 12.5 Å². The van der Waals surface area contributed by atoms with E-state index in [-0.39, 0.29) is 5.63 Å². The third-order valence-corrected chi connectivity index (χ3v) is 2.11. The fraction of sp³-hybridized carbons (Fsp3) is 0.0909. The summed E-state index contributed by atoms with van der Waals surface area (Å²) in [6, 6.07) is 9.64. The summed E-state index contributed by atoms with van der Waals surface area (Å²) in [5.41, 5.74) is 2.00. The number of benzene rings is 1. The van der Waals surface area contributed by atoms with Gasteiger partial charge in [-0.3, -0.25) is 0 Å². The molecule has 0 saturated heterocycles. The van der Waals surface area contributed by atoms with Gasteiger partial charge in [0.1, 0.15) is 0 Å². The molecule has 2 aromatic rings. The van der Waals surface area contributed by atoms with Gasteiger partial charge >= 0.3 is 5.63 Å². The molecule has 0 fully saturated rings. The Kier molecular flexibility index (Phi) is 2.14. The molecule has 3 heteroatoms. The zero-order valence-electron chi connectivity index (χ0n) is 7.73. The Morgan fingerprint density at radius 1 is 1.21 bits per heavy atom. The van der Waals surface area contributed by atoms with Gasteiger partial charge in [-0.1, -0.05) is 35.5 Å². The summed E-state index contributed by atoms with van der Waals surface area (Å²) >= 11 is 0. The van der Waals surface area contributed by atoms with Crippen molar-refractivity contribution in [1.82, 2.24) is 5.16 Å². The van der Waals surface area contributed by atoms with E-state index in [0.29, 0.717) is 5.56 Å². The molecule has 0 saturated carbocycles. The van der Waals surface area contributed by atoms with E-state index in [1.165, 1.54) is 0 Å². The van der Waals surface area contributed by atoms with Crippen LogP contribution in [0.2, 0.25) is 0 Å². The molecule has 70 valence electrons. The Labute approximate surface area is 81.0 Å². The molecule has 0 amide bonds. The third kappa shape index (κ3) is 1.44. The van der Waals surface area contributed by atoms with Gasteiger partial charge < -0.3 is 4.52 Å². The second-order valence-electron chi connectivity index (χ2n) is 3.02. The first-order valence-corrected chi connectivity index (χ1v) is 4.30. The molecular formula is C11H9NO2. The van der Waals surface area contributed by atoms with Crippen LogP contribution in [0, 0.1) is 6.92 Å². The van der Waals surface area contributed by atoms with Crippen molar-refractivity contribution in [3.63, 3.8) is 0 Å². The van der Waals surface area contributed by atoms with Gasteiger partial charge in [-0.25, -0.2) is 4.79 Å². The lowest BCUT2D eigenvalue weighted by atomic mass is 10.0. The first-order chi connectivity index (χ1) is 6.79. The minimum absolute atomic E-state index is 0.383. The predicted octanol–water partition coefficient (Wildman–Crippen LogP) is 2.01. The SMILES string of the molecule is Cc1c(-c2ccccc2)cnoc1=O. The molecule has 0 radical (unpaired) electrons. The average molecular weight is 187 g/mol. The zero-order chi connectivity index (χ0) is 9.97. The maximum Gasteiger partial charge on any atom is 0.362 e. The molecule has 0 aliphatic heterocycles. The van der Waals surface area contributed by atoms with Gasteiger partial charge in [0, 0.05) is 11.1 Å². The van der Waals surface area contributed by atoms with E-state index in [0.717, 1.165) is 11.1 Å². The quantitative estimate of drug-likeness (QED) is 0.685. The summed E-state index contributed by atoms with van der Waals surface area (Å²) in [6.45, 7) is 1.73. The molecule has 14 heavy (non-hydrogen) atoms. The molecule has 0 bridgehead atoms. The second kappa shape index (κ2) is 3.46. The summed E-state index contributed by atoms with van der Waals surface area (Å²) in [4.78, 5) is 11.2. The zero-order valence-corrected chi connectivity index (χ0v) is 7.73. The van der Waals surface area contributed by atoms with E-state index >= 15 is 0 Å². The monoisotopic (exact) mass is 187 g/mol. The van der Waals surface area contributed by atoms with Crippen molar-refractivity contribution < 1.29 is 4.52 Å². The van der Waals surface area contributed by atoms with Crippen molar-refractivity contribution in [2.45, 2.75) is 6.92 Å². The van der Waals surface area contributed by atoms with Crippen LogP contribution in [0.15, 0.2) is 45.8 Å². The molecule has 0 aliphatic carbocycles. The topological polar surface area (TPSA) is 43.1 Å². The molecule has 1 aromatic heterocycles. The van der Waals surface area contributed by atoms with E-state index in [9.17, 15) is 4.79 Å². The van der Waals surface area contributed by atoms with Crippen LogP contribution in [0.3, 0.4) is 0 Å². The predicted molar refractivity (Wildman–Crippen MR) is 52.9 cm³/mol. The highest BCUT2D eigenvalue weighted by atomic mass is 16.5. The lowest BCUT2D eigenvalue weighted by Gasteiger charge is -2.01. The third-order valence-electron chi connectivity index (χ3n) is 2.11. The largest absolute Gasteiger partial charge is 0.362 e. The molecule has 2 rings (SSSR count). The Morgan fingerprint density at radius 3 is 2.64 bits per heavy atom. The van der Waals surface area contributed by atoms with E-state index in [1.807, 2.05) is 30.3 Å². The van der Waals surface area contributed by atoms with Crippen LogP contribution in [0.4, 0.5) is 0 Å². The summed E-state index contributed by atoms with van der Waals surface area (Å²) in [5.74, 6) is 0. The normalized spacial score (nSPS) is 10.1. The minimum atomic E-state index is -0.383. The van der Waals surface area contributed by atoms with Crippen LogP contribution in [0.5, 0.6) is 0 Å². The Morgan fingerprint density at radius 2 is 1.93 bits per heavy atom. The van der Waals surface area contributed by atoms with E-state index in [1.54, 1.807) is 13.1 Å². The summed E-state index contributed by atoms with van der Waals surface area (Å²) in [6.07, 6.45) is 1.56. The smallest absolute Gasteiger partial charge is 0.313 e. The van der Waals surface area contributed by atoms with Crippen molar-refractivity contribution in [3.8, 4) is 11.1 Å². The lowest BCUT2D eigenvalue weighted by molar-refractivity contribution is 0.367. The van der Waals surface area contributed by atoms with Gasteiger partial charge in [-0.15, -0.1) is 0 Å². The maximum absolute atomic E-state index is 11.2. The van der Waals surface area contributed by atoms with Crippen LogP contribution in [0.25, 0.3) is 11.1 Å². The lowest BCUT2D eigenvalue weighted by Crippen LogP contribution is -2.05. The summed E-state index contributed by atoms with van der Waals surface area (Å²) in [5, 5.41) is 3.53. The number of rotatable bonds is 1. The highest BCUT2D eigenvalue weighted by Gasteiger charge is 2.05. The highest BCUT2D eigenvalue weighted by Crippen LogP contribution is 2.18. The first kappa shape index (κ1) is 8.69. The number of nitrogens with zero attached hydrogens (tertiary/aromatic N) is 1. The Bertz CT molecular complexity index is 488. The molecule has 1 heterocycles. The van der Waals surface area contributed by atoms with Crippen LogP contribution in [-0.4, -0.2) is 5.16 Å². The van der Waals surface area contributed by atoms with Gasteiger partial charge in [0.05, 0.1) is 6.20 Å². The molecule has 0 atom stereocenters. The van der Waals surface area contributed by atoms with Gasteiger partial charge in [0.15, 0.2) is 0 Å². The molecule has 1 aromatic carbocycles. The van der Waals surface area contributed by atoms with Crippen molar-refractivity contribution in [2.75, 3.05) is 0 Å².